The van der Waals surface area contributed by atoms with Crippen LogP contribution in [0.3, 0.4) is 0 Å². The van der Waals surface area contributed by atoms with Crippen molar-refractivity contribution in [2.45, 2.75) is 32.1 Å². The summed E-state index contributed by atoms with van der Waals surface area (Å²) in [6.07, 6.45) is 7.22. The van der Waals surface area contributed by atoms with E-state index in [9.17, 15) is 0 Å². The molecule has 2 nitrogen and oxygen atoms in total. The topological polar surface area (TPSA) is 24.9 Å². The van der Waals surface area contributed by atoms with Gasteiger partial charge in [0.05, 0.1) is 0 Å². The van der Waals surface area contributed by atoms with Crippen LogP contribution in [0.25, 0.3) is 0 Å². The molecule has 1 unspecified atom stereocenters. The van der Waals surface area contributed by atoms with Gasteiger partial charge in [0, 0.05) is 18.9 Å². The van der Waals surface area contributed by atoms with Gasteiger partial charge in [0.15, 0.2) is 0 Å². The first-order chi connectivity index (χ1) is 9.90. The normalized spacial score (nSPS) is 12.2. The zero-order chi connectivity index (χ0) is 14.0. The van der Waals surface area contributed by atoms with Crippen molar-refractivity contribution in [3.05, 3.63) is 66.0 Å². The second-order valence-corrected chi connectivity index (χ2v) is 5.21. The van der Waals surface area contributed by atoms with Crippen LogP contribution >= 0.6 is 0 Å². The molecule has 0 aliphatic rings. The molecule has 1 aromatic heterocycles. The lowest BCUT2D eigenvalue weighted by atomic mass is 9.92. The lowest BCUT2D eigenvalue weighted by molar-refractivity contribution is 0.548. The van der Waals surface area contributed by atoms with E-state index in [1.54, 1.807) is 0 Å². The smallest absolute Gasteiger partial charge is 0.0270 e. The Morgan fingerprint density at radius 1 is 1.05 bits per heavy atom. The minimum absolute atomic E-state index is 0.580. The van der Waals surface area contributed by atoms with Gasteiger partial charge < -0.3 is 5.32 Å². The van der Waals surface area contributed by atoms with Crippen LogP contribution in [0.2, 0.25) is 0 Å². The molecule has 20 heavy (non-hydrogen) atoms. The van der Waals surface area contributed by atoms with E-state index in [1.807, 2.05) is 12.4 Å². The highest BCUT2D eigenvalue weighted by Crippen LogP contribution is 2.21. The Labute approximate surface area is 122 Å². The van der Waals surface area contributed by atoms with Crippen molar-refractivity contribution in [2.75, 3.05) is 13.1 Å². The van der Waals surface area contributed by atoms with E-state index in [1.165, 1.54) is 24.0 Å². The summed E-state index contributed by atoms with van der Waals surface area (Å²) in [5.74, 6) is 0.580. The zero-order valence-corrected chi connectivity index (χ0v) is 12.3. The molecular weight excluding hydrogens is 244 g/mol. The Hall–Kier alpha value is -1.67. The molecule has 1 aromatic carbocycles. The third-order valence-corrected chi connectivity index (χ3v) is 3.62. The fraction of sp³-hybridized carbons (Fsp3) is 0.389. The number of nitrogens with zero attached hydrogens (tertiary/aromatic N) is 1. The van der Waals surface area contributed by atoms with Crippen LogP contribution in [0.15, 0.2) is 54.9 Å². The molecule has 0 amide bonds. The molecule has 0 saturated heterocycles. The highest BCUT2D eigenvalue weighted by atomic mass is 14.8. The Bertz CT molecular complexity index is 467. The molecule has 0 aliphatic heterocycles. The zero-order valence-electron chi connectivity index (χ0n) is 12.3. The van der Waals surface area contributed by atoms with Crippen molar-refractivity contribution in [1.82, 2.24) is 10.3 Å². The van der Waals surface area contributed by atoms with Crippen LogP contribution in [-0.2, 0) is 6.42 Å². The van der Waals surface area contributed by atoms with Gasteiger partial charge in [-0.05, 0) is 55.0 Å². The first-order valence-corrected chi connectivity index (χ1v) is 7.54. The standard InChI is InChI=1S/C18H24N2/c1-2-12-20-15-18(17-6-4-3-5-7-17)9-8-16-10-13-19-14-11-16/h3-7,10-11,13-14,18,20H,2,8-9,12,15H2,1H3. The molecule has 106 valence electrons. The Morgan fingerprint density at radius 3 is 2.50 bits per heavy atom. The van der Waals surface area contributed by atoms with Gasteiger partial charge in [-0.2, -0.15) is 0 Å². The molecule has 1 atom stereocenters. The molecule has 0 bridgehead atoms. The number of rotatable bonds is 8. The summed E-state index contributed by atoms with van der Waals surface area (Å²) in [5.41, 5.74) is 2.81. The summed E-state index contributed by atoms with van der Waals surface area (Å²) in [4.78, 5) is 4.08. The fourth-order valence-corrected chi connectivity index (χ4v) is 2.46. The summed E-state index contributed by atoms with van der Waals surface area (Å²) in [6.45, 7) is 4.36. The predicted octanol–water partition coefficient (Wildman–Crippen LogP) is 3.80. The summed E-state index contributed by atoms with van der Waals surface area (Å²) < 4.78 is 0. The average Bonchev–Trinajstić information content (AvgIpc) is 2.52. The molecule has 1 heterocycles. The number of benzene rings is 1. The summed E-state index contributed by atoms with van der Waals surface area (Å²) in [7, 11) is 0. The molecule has 0 spiro atoms. The highest BCUT2D eigenvalue weighted by Gasteiger charge is 2.10. The Kier molecular flexibility index (Phi) is 6.25. The van der Waals surface area contributed by atoms with Gasteiger partial charge in [-0.25, -0.2) is 0 Å². The van der Waals surface area contributed by atoms with E-state index in [2.05, 4.69) is 59.7 Å². The molecule has 0 saturated carbocycles. The number of pyridine rings is 1. The SMILES string of the molecule is CCCNCC(CCc1ccncc1)c1ccccc1. The van der Waals surface area contributed by atoms with Gasteiger partial charge in [0.1, 0.15) is 0 Å². The van der Waals surface area contributed by atoms with Crippen molar-refractivity contribution in [3.8, 4) is 0 Å². The van der Waals surface area contributed by atoms with Gasteiger partial charge in [0.2, 0.25) is 0 Å². The number of hydrogen-bond donors (Lipinski definition) is 1. The van der Waals surface area contributed by atoms with Gasteiger partial charge in [0.25, 0.3) is 0 Å². The van der Waals surface area contributed by atoms with Gasteiger partial charge in [-0.1, -0.05) is 37.3 Å². The first-order valence-electron chi connectivity index (χ1n) is 7.54. The maximum absolute atomic E-state index is 4.08. The van der Waals surface area contributed by atoms with Crippen LogP contribution in [0.4, 0.5) is 0 Å². The van der Waals surface area contributed by atoms with Crippen LogP contribution in [0.5, 0.6) is 0 Å². The fourth-order valence-electron chi connectivity index (χ4n) is 2.46. The highest BCUT2D eigenvalue weighted by molar-refractivity contribution is 5.21. The van der Waals surface area contributed by atoms with Crippen molar-refractivity contribution < 1.29 is 0 Å². The molecule has 0 fully saturated rings. The van der Waals surface area contributed by atoms with Crippen molar-refractivity contribution in [1.29, 1.82) is 0 Å². The summed E-state index contributed by atoms with van der Waals surface area (Å²) in [5, 5.41) is 3.56. The lowest BCUT2D eigenvalue weighted by Crippen LogP contribution is -2.22. The van der Waals surface area contributed by atoms with Gasteiger partial charge >= 0.3 is 0 Å². The second kappa shape index (κ2) is 8.49. The molecule has 0 radical (unpaired) electrons. The van der Waals surface area contributed by atoms with E-state index in [0.717, 1.165) is 19.5 Å². The number of aryl methyl sites for hydroxylation is 1. The monoisotopic (exact) mass is 268 g/mol. The van der Waals surface area contributed by atoms with E-state index in [4.69, 9.17) is 0 Å². The van der Waals surface area contributed by atoms with E-state index in [-0.39, 0.29) is 0 Å². The van der Waals surface area contributed by atoms with Crippen molar-refractivity contribution >= 4 is 0 Å². The van der Waals surface area contributed by atoms with E-state index in [0.29, 0.717) is 5.92 Å². The van der Waals surface area contributed by atoms with Crippen LogP contribution < -0.4 is 5.32 Å². The lowest BCUT2D eigenvalue weighted by Gasteiger charge is -2.18. The Balaban J connectivity index is 1.95. The van der Waals surface area contributed by atoms with Gasteiger partial charge in [-0.15, -0.1) is 0 Å². The number of nitrogens with one attached hydrogen (secondary N) is 1. The van der Waals surface area contributed by atoms with Gasteiger partial charge in [-0.3, -0.25) is 4.98 Å². The van der Waals surface area contributed by atoms with Crippen LogP contribution in [0.1, 0.15) is 36.8 Å². The number of aromatic nitrogens is 1. The second-order valence-electron chi connectivity index (χ2n) is 5.21. The molecule has 2 rings (SSSR count). The molecule has 0 aliphatic carbocycles. The summed E-state index contributed by atoms with van der Waals surface area (Å²) >= 11 is 0. The molecular formula is C18H24N2. The molecule has 2 heteroatoms. The van der Waals surface area contributed by atoms with Crippen LogP contribution in [0, 0.1) is 0 Å². The quantitative estimate of drug-likeness (QED) is 0.737. The number of hydrogen-bond acceptors (Lipinski definition) is 2. The predicted molar refractivity (Wildman–Crippen MR) is 84.9 cm³/mol. The first kappa shape index (κ1) is 14.7. The van der Waals surface area contributed by atoms with Crippen molar-refractivity contribution in [2.24, 2.45) is 0 Å². The van der Waals surface area contributed by atoms with Crippen molar-refractivity contribution in [3.63, 3.8) is 0 Å². The maximum Gasteiger partial charge on any atom is 0.0270 e. The third-order valence-electron chi connectivity index (χ3n) is 3.62. The minimum Gasteiger partial charge on any atom is -0.316 e. The third kappa shape index (κ3) is 4.78. The van der Waals surface area contributed by atoms with E-state index >= 15 is 0 Å². The summed E-state index contributed by atoms with van der Waals surface area (Å²) in [6, 6.07) is 15.1. The largest absolute Gasteiger partial charge is 0.316 e. The van der Waals surface area contributed by atoms with E-state index < -0.39 is 0 Å². The average molecular weight is 268 g/mol. The van der Waals surface area contributed by atoms with Crippen LogP contribution in [-0.4, -0.2) is 18.1 Å². The minimum atomic E-state index is 0.580. The molecule has 2 aromatic rings. The Morgan fingerprint density at radius 2 is 1.80 bits per heavy atom. The molecule has 1 N–H and O–H groups in total. The maximum atomic E-state index is 4.08.